The molecule has 0 bridgehead atoms. The van der Waals surface area contributed by atoms with Gasteiger partial charge in [-0.05, 0) is 65.8 Å². The van der Waals surface area contributed by atoms with E-state index in [1.807, 2.05) is 0 Å². The molecule has 0 aliphatic heterocycles. The molecule has 22 heavy (non-hydrogen) atoms. The quantitative estimate of drug-likeness (QED) is 0.573. The van der Waals surface area contributed by atoms with Crippen LogP contribution in [0.4, 0.5) is 0 Å². The maximum Gasteiger partial charge on any atom is 0.304 e. The Bertz CT molecular complexity index is 658. The van der Waals surface area contributed by atoms with Crippen molar-refractivity contribution in [3.8, 4) is 0 Å². The van der Waals surface area contributed by atoms with Crippen molar-refractivity contribution >= 4 is 60.4 Å². The monoisotopic (exact) mass is 386 g/mol. The van der Waals surface area contributed by atoms with Gasteiger partial charge >= 0.3 is 10.5 Å². The first-order valence-electron chi connectivity index (χ1n) is 5.93. The zero-order valence-electron chi connectivity index (χ0n) is 11.7. The fourth-order valence-corrected chi connectivity index (χ4v) is 3.59. The van der Waals surface area contributed by atoms with Gasteiger partial charge in [-0.1, -0.05) is 19.1 Å². The summed E-state index contributed by atoms with van der Waals surface area (Å²) in [6.07, 6.45) is 0.179. The number of hydrogen-bond acceptors (Lipinski definition) is 5. The molecule has 122 valence electrons. The van der Waals surface area contributed by atoms with Gasteiger partial charge in [-0.15, -0.1) is 0 Å². The summed E-state index contributed by atoms with van der Waals surface area (Å²) in [6, 6.07) is 6.46. The van der Waals surface area contributed by atoms with Crippen molar-refractivity contribution < 1.29 is 22.8 Å². The lowest BCUT2D eigenvalue weighted by atomic mass is 10.2. The van der Waals surface area contributed by atoms with Gasteiger partial charge in [0.05, 0.1) is 4.90 Å². The van der Waals surface area contributed by atoms with E-state index in [0.29, 0.717) is 0 Å². The van der Waals surface area contributed by atoms with Gasteiger partial charge in [0.1, 0.15) is 5.25 Å². The van der Waals surface area contributed by atoms with Gasteiger partial charge in [0.15, 0.2) is 9.84 Å². The Labute approximate surface area is 143 Å². The summed E-state index contributed by atoms with van der Waals surface area (Å²) in [5.74, 6) is 0. The Morgan fingerprint density at radius 2 is 1.59 bits per heavy atom. The van der Waals surface area contributed by atoms with Crippen molar-refractivity contribution in [2.75, 3.05) is 0 Å². The highest BCUT2D eigenvalue weighted by Crippen LogP contribution is 2.21. The maximum atomic E-state index is 12.1. The highest BCUT2D eigenvalue weighted by molar-refractivity contribution is 7.93. The second kappa shape index (κ2) is 9.25. The molecular formula is C13H13Cl3O5S. The second-order valence-electron chi connectivity index (χ2n) is 4.11. The average Bonchev–Trinajstić information content (AvgIpc) is 2.39. The predicted molar refractivity (Wildman–Crippen MR) is 85.0 cm³/mol. The third kappa shape index (κ3) is 6.44. The highest BCUT2D eigenvalue weighted by Gasteiger charge is 2.31. The van der Waals surface area contributed by atoms with E-state index in [1.165, 1.54) is 12.1 Å². The number of aryl methyl sites for hydroxylation is 1. The van der Waals surface area contributed by atoms with Gasteiger partial charge in [-0.3, -0.25) is 14.4 Å². The lowest BCUT2D eigenvalue weighted by molar-refractivity contribution is -0.127. The second-order valence-corrected chi connectivity index (χ2v) is 7.30. The van der Waals surface area contributed by atoms with Crippen molar-refractivity contribution in [1.82, 2.24) is 0 Å². The van der Waals surface area contributed by atoms with Gasteiger partial charge in [-0.25, -0.2) is 8.42 Å². The molecule has 0 spiro atoms. The number of carbonyl (C=O) groups is 3. The van der Waals surface area contributed by atoms with E-state index in [1.54, 1.807) is 26.0 Å². The Balaban J connectivity index is 0.000000626. The average molecular weight is 388 g/mol. The molecule has 0 aliphatic carbocycles. The Hall–Kier alpha value is -0.950. The Morgan fingerprint density at radius 3 is 1.91 bits per heavy atom. The summed E-state index contributed by atoms with van der Waals surface area (Å²) in [4.78, 5) is 30.1. The minimum absolute atomic E-state index is 0.147. The fourth-order valence-electron chi connectivity index (χ4n) is 1.46. The highest BCUT2D eigenvalue weighted by atomic mass is 35.5. The molecule has 9 heteroatoms. The summed E-state index contributed by atoms with van der Waals surface area (Å²) >= 11 is 14.3. The molecule has 1 aromatic carbocycles. The SMILES string of the molecule is CCC(C(=O)Cl)S(=O)(=O)c1cccc(C)c1.O=C(Cl)C(=O)Cl. The van der Waals surface area contributed by atoms with E-state index in [2.05, 4.69) is 23.2 Å². The number of hydrogen-bond donors (Lipinski definition) is 0. The van der Waals surface area contributed by atoms with Crippen LogP contribution in [-0.4, -0.2) is 29.4 Å². The van der Waals surface area contributed by atoms with Crippen LogP contribution in [0.1, 0.15) is 18.9 Å². The van der Waals surface area contributed by atoms with Gasteiger partial charge in [0, 0.05) is 0 Å². The van der Waals surface area contributed by atoms with Gasteiger partial charge in [-0.2, -0.15) is 0 Å². The number of halogens is 3. The van der Waals surface area contributed by atoms with Gasteiger partial charge in [0.2, 0.25) is 5.24 Å². The first-order valence-corrected chi connectivity index (χ1v) is 8.61. The Kier molecular flexibility index (Phi) is 8.85. The molecule has 1 atom stereocenters. The van der Waals surface area contributed by atoms with Crippen molar-refractivity contribution in [3.63, 3.8) is 0 Å². The van der Waals surface area contributed by atoms with Gasteiger partial charge in [0.25, 0.3) is 0 Å². The number of rotatable bonds is 5. The minimum Gasteiger partial charge on any atom is -0.280 e. The van der Waals surface area contributed by atoms with Crippen LogP contribution in [-0.2, 0) is 24.2 Å². The molecule has 0 aliphatic rings. The topological polar surface area (TPSA) is 85.3 Å². The van der Waals surface area contributed by atoms with E-state index in [0.717, 1.165) is 5.56 Å². The minimum atomic E-state index is -3.65. The predicted octanol–water partition coefficient (Wildman–Crippen LogP) is 2.83. The van der Waals surface area contributed by atoms with Crippen molar-refractivity contribution in [3.05, 3.63) is 29.8 Å². The molecule has 0 saturated heterocycles. The van der Waals surface area contributed by atoms with Crippen molar-refractivity contribution in [1.29, 1.82) is 0 Å². The third-order valence-electron chi connectivity index (χ3n) is 2.47. The van der Waals surface area contributed by atoms with E-state index < -0.39 is 30.8 Å². The molecular weight excluding hydrogens is 375 g/mol. The number of sulfone groups is 1. The van der Waals surface area contributed by atoms with Crippen LogP contribution in [0.2, 0.25) is 0 Å². The van der Waals surface area contributed by atoms with Crippen LogP contribution in [0.25, 0.3) is 0 Å². The van der Waals surface area contributed by atoms with E-state index in [4.69, 9.17) is 11.6 Å². The lowest BCUT2D eigenvalue weighted by Gasteiger charge is -2.11. The molecule has 0 radical (unpaired) electrons. The largest absolute Gasteiger partial charge is 0.304 e. The molecule has 1 aromatic rings. The van der Waals surface area contributed by atoms with E-state index >= 15 is 0 Å². The van der Waals surface area contributed by atoms with E-state index in [9.17, 15) is 22.8 Å². The molecule has 0 N–H and O–H groups in total. The summed E-state index contributed by atoms with van der Waals surface area (Å²) in [6.45, 7) is 3.42. The molecule has 0 heterocycles. The summed E-state index contributed by atoms with van der Waals surface area (Å²) in [5.41, 5.74) is 0.831. The third-order valence-corrected chi connectivity index (χ3v) is 5.51. The standard InChI is InChI=1S/C11H13ClO3S.C2Cl2O2/c1-3-10(11(12)13)16(14,15)9-6-4-5-8(2)7-9;3-1(5)2(4)6/h4-7,10H,3H2,1-2H3;. The van der Waals surface area contributed by atoms with Gasteiger partial charge < -0.3 is 0 Å². The molecule has 0 saturated carbocycles. The number of carbonyl (C=O) groups excluding carboxylic acids is 3. The summed E-state index contributed by atoms with van der Waals surface area (Å²) in [7, 11) is -3.65. The molecule has 1 unspecified atom stereocenters. The summed E-state index contributed by atoms with van der Waals surface area (Å²) in [5, 5.41) is -4.27. The zero-order valence-corrected chi connectivity index (χ0v) is 14.8. The van der Waals surface area contributed by atoms with Crippen LogP contribution < -0.4 is 0 Å². The van der Waals surface area contributed by atoms with Crippen molar-refractivity contribution in [2.24, 2.45) is 0 Å². The van der Waals surface area contributed by atoms with Crippen LogP contribution in [0.15, 0.2) is 29.2 Å². The number of benzene rings is 1. The Morgan fingerprint density at radius 1 is 1.09 bits per heavy atom. The summed E-state index contributed by atoms with van der Waals surface area (Å²) < 4.78 is 24.1. The van der Waals surface area contributed by atoms with Crippen molar-refractivity contribution in [2.45, 2.75) is 30.4 Å². The molecule has 0 aromatic heterocycles. The lowest BCUT2D eigenvalue weighted by Crippen LogP contribution is -2.26. The maximum absolute atomic E-state index is 12.1. The van der Waals surface area contributed by atoms with E-state index in [-0.39, 0.29) is 11.3 Å². The molecule has 0 fully saturated rings. The molecule has 5 nitrogen and oxygen atoms in total. The first kappa shape index (κ1) is 21.0. The van der Waals surface area contributed by atoms with Crippen LogP contribution in [0.3, 0.4) is 0 Å². The smallest absolute Gasteiger partial charge is 0.280 e. The first-order chi connectivity index (χ1) is 10.0. The molecule has 1 rings (SSSR count). The van der Waals surface area contributed by atoms with Crippen LogP contribution in [0, 0.1) is 6.92 Å². The van der Waals surface area contributed by atoms with Crippen LogP contribution >= 0.6 is 34.8 Å². The molecule has 0 amide bonds. The zero-order chi connectivity index (χ0) is 17.5. The normalized spacial score (nSPS) is 11.9. The fraction of sp³-hybridized carbons (Fsp3) is 0.308. The van der Waals surface area contributed by atoms with Crippen LogP contribution in [0.5, 0.6) is 0 Å².